The Morgan fingerprint density at radius 2 is 0.319 bits per heavy atom. The lowest BCUT2D eigenvalue weighted by molar-refractivity contribution is 0.675. The van der Waals surface area contributed by atoms with Crippen LogP contribution in [0.5, 0.6) is 0 Å². The summed E-state index contributed by atoms with van der Waals surface area (Å²) < 4.78 is 7.07. The lowest BCUT2D eigenvalue weighted by Gasteiger charge is -2.33. The van der Waals surface area contributed by atoms with E-state index >= 15 is 0 Å². The van der Waals surface area contributed by atoms with Crippen LogP contribution in [0.25, 0.3) is 87.6 Å². The molecule has 0 atom stereocenters. The van der Waals surface area contributed by atoms with Gasteiger partial charge in [0.1, 0.15) is 215 Å². The summed E-state index contributed by atoms with van der Waals surface area (Å²) in [6.07, 6.45) is 0. The maximum absolute atomic E-state index is 7.07. The Morgan fingerprint density at radius 1 is 0.130 bits per heavy atom. The zero-order valence-corrected chi connectivity index (χ0v) is 47.4. The predicted octanol–water partition coefficient (Wildman–Crippen LogP) is -33.2. The topological polar surface area (TPSA) is 13.1 Å². The molecule has 0 unspecified atom stereocenters. The van der Waals surface area contributed by atoms with Crippen molar-refractivity contribution in [3.05, 3.63) is 0 Å². The molecular formula is C42H52B26O. The first kappa shape index (κ1) is 50.0. The van der Waals surface area contributed by atoms with Crippen molar-refractivity contribution in [1.29, 1.82) is 0 Å². The average Bonchev–Trinajstić information content (AvgIpc) is 3.73. The summed E-state index contributed by atoms with van der Waals surface area (Å²) in [5, 5.41) is 11.1. The Bertz CT molecular complexity index is 3850. The third-order valence-electron chi connectivity index (χ3n) is 19.9. The molecule has 0 spiro atoms. The standard InChI is InChI=1S/C42H52B26O/c43-15-5(8-10(26(54)31(15)59)27(55)37(65)36(64)20(8)48)1-3-6(18(46)34(62)32(60)16(3)44)2(7-4(1)17(45)33(61)35(63)19(7)47)9-21(49)23(51)11(24(52)22(9)50)12-25(53)28(56)13-14-29(57)38(66)39(67)40(68)42(14)69-41(13)30(12)58/h43-68H2. The Labute approximate surface area is 435 Å². The second-order valence-electron chi connectivity index (χ2n) is 22.3. The van der Waals surface area contributed by atoms with Crippen molar-refractivity contribution in [2.24, 2.45) is 0 Å². The summed E-state index contributed by atoms with van der Waals surface area (Å²) in [7, 11) is 61.4. The SMILES string of the molecule is Bc1c(B)c(-c2c3c(B)c(B)c(B)c(B)c3c(-c3c(B)c(B)c(B)c4c(B)c(B)c(B)c(B)c34)c3c(B)c(B)c(B)c(B)c23)c(B)c(B)c1-c1c(B)c(B)c2c(oc3c(B)c(B)c(B)c(B)c32)c1B. The van der Waals surface area contributed by atoms with Crippen molar-refractivity contribution in [1.82, 2.24) is 0 Å². The fourth-order valence-corrected chi connectivity index (χ4v) is 13.7. The highest BCUT2D eigenvalue weighted by Gasteiger charge is 2.31. The molecule has 9 aromatic rings. The molecule has 0 saturated heterocycles. The third-order valence-corrected chi connectivity index (χ3v) is 19.9. The largest absolute Gasteiger partial charge is 0.457 e. The van der Waals surface area contributed by atoms with Gasteiger partial charge in [-0.15, -0.1) is 43.7 Å². The van der Waals surface area contributed by atoms with Crippen LogP contribution in [0.15, 0.2) is 4.42 Å². The molecule has 0 radical (unpaired) electrons. The average molecular weight is 854 g/mol. The number of furan rings is 1. The lowest BCUT2D eigenvalue weighted by Crippen LogP contribution is -2.53. The van der Waals surface area contributed by atoms with Crippen molar-refractivity contribution < 1.29 is 4.42 Å². The zero-order valence-electron chi connectivity index (χ0n) is 47.4. The van der Waals surface area contributed by atoms with Gasteiger partial charge in [0.15, 0.2) is 0 Å². The van der Waals surface area contributed by atoms with E-state index in [0.29, 0.717) is 0 Å². The smallest absolute Gasteiger partial charge is 0.145 e. The van der Waals surface area contributed by atoms with Gasteiger partial charge in [-0.2, -0.15) is 0 Å². The predicted molar refractivity (Wildman–Crippen MR) is 395 cm³/mol. The van der Waals surface area contributed by atoms with Gasteiger partial charge >= 0.3 is 0 Å². The summed E-state index contributed by atoms with van der Waals surface area (Å²) in [5.41, 5.74) is 45.9. The summed E-state index contributed by atoms with van der Waals surface area (Å²) in [5.74, 6) is 0. The molecule has 0 bridgehead atoms. The molecule has 0 aliphatic heterocycles. The van der Waals surface area contributed by atoms with Crippen molar-refractivity contribution in [2.75, 3.05) is 0 Å². The number of rotatable bonds is 3. The minimum Gasteiger partial charge on any atom is -0.457 e. The first-order chi connectivity index (χ1) is 32.2. The highest BCUT2D eigenvalue weighted by Crippen LogP contribution is 2.40. The van der Waals surface area contributed by atoms with Gasteiger partial charge in [-0.1, -0.05) is 92.9 Å². The molecule has 69 heavy (non-hydrogen) atoms. The molecule has 1 nitrogen and oxygen atoms in total. The minimum atomic E-state index is 1.03. The second kappa shape index (κ2) is 16.8. The number of hydrogen-bond acceptors (Lipinski definition) is 1. The van der Waals surface area contributed by atoms with Gasteiger partial charge < -0.3 is 4.42 Å². The van der Waals surface area contributed by atoms with Gasteiger partial charge in [0, 0.05) is 10.8 Å². The quantitative estimate of drug-likeness (QED) is 0.127. The summed E-state index contributed by atoms with van der Waals surface area (Å²) >= 11 is 0. The van der Waals surface area contributed by atoms with Crippen LogP contribution in [0.1, 0.15) is 0 Å². The van der Waals surface area contributed by atoms with Crippen LogP contribution in [-0.2, 0) is 0 Å². The highest BCUT2D eigenvalue weighted by atomic mass is 16.3. The molecule has 27 heteroatoms. The van der Waals surface area contributed by atoms with E-state index in [-0.39, 0.29) is 0 Å². The molecule has 0 aliphatic rings. The third kappa shape index (κ3) is 6.41. The number of benzene rings is 8. The van der Waals surface area contributed by atoms with Crippen LogP contribution in [0.3, 0.4) is 0 Å². The highest BCUT2D eigenvalue weighted by molar-refractivity contribution is 6.77. The fourth-order valence-electron chi connectivity index (χ4n) is 13.7. The number of hydrogen-bond donors (Lipinski definition) is 0. The van der Waals surface area contributed by atoms with E-state index in [1.165, 1.54) is 219 Å². The van der Waals surface area contributed by atoms with Crippen LogP contribution in [0.4, 0.5) is 0 Å². The molecule has 1 aromatic heterocycles. The summed E-state index contributed by atoms with van der Waals surface area (Å²) in [6.45, 7) is 0. The van der Waals surface area contributed by atoms with Gasteiger partial charge in [0.25, 0.3) is 0 Å². The van der Waals surface area contributed by atoms with E-state index in [9.17, 15) is 0 Å². The Balaban J connectivity index is 1.53. The molecule has 0 N–H and O–H groups in total. The van der Waals surface area contributed by atoms with E-state index in [4.69, 9.17) is 4.42 Å². The maximum Gasteiger partial charge on any atom is 0.145 e. The first-order valence-corrected chi connectivity index (χ1v) is 25.7. The van der Waals surface area contributed by atoms with Crippen molar-refractivity contribution in [3.8, 4) is 33.4 Å². The zero-order chi connectivity index (χ0) is 51.0. The van der Waals surface area contributed by atoms with E-state index in [2.05, 4.69) is 204 Å². The molecule has 9 rings (SSSR count). The number of fused-ring (bicyclic) bond motifs is 6. The maximum atomic E-state index is 7.07. The minimum absolute atomic E-state index is 1.03. The van der Waals surface area contributed by atoms with Gasteiger partial charge in [-0.3, -0.25) is 0 Å². The van der Waals surface area contributed by atoms with E-state index in [0.717, 1.165) is 11.2 Å². The van der Waals surface area contributed by atoms with Gasteiger partial charge in [0.05, 0.1) is 0 Å². The normalized spacial score (nSPS) is 11.8. The van der Waals surface area contributed by atoms with Gasteiger partial charge in [0.2, 0.25) is 0 Å². The van der Waals surface area contributed by atoms with Crippen LogP contribution in [0, 0.1) is 0 Å². The molecule has 0 fully saturated rings. The summed E-state index contributed by atoms with van der Waals surface area (Å²) in [6, 6.07) is 0. The monoisotopic (exact) mass is 859 g/mol. The molecule has 8 aromatic carbocycles. The van der Waals surface area contributed by atoms with Crippen LogP contribution < -0.4 is 142 Å². The van der Waals surface area contributed by atoms with Gasteiger partial charge in [-0.25, -0.2) is 0 Å². The van der Waals surface area contributed by atoms with Crippen molar-refractivity contribution in [2.45, 2.75) is 0 Å². The van der Waals surface area contributed by atoms with E-state index in [1.807, 2.05) is 0 Å². The summed E-state index contributed by atoms with van der Waals surface area (Å²) in [4.78, 5) is 0. The Hall–Kier alpha value is -3.97. The van der Waals surface area contributed by atoms with Crippen LogP contribution in [0.2, 0.25) is 0 Å². The van der Waals surface area contributed by atoms with Crippen LogP contribution >= 0.6 is 0 Å². The second-order valence-corrected chi connectivity index (χ2v) is 22.3. The fraction of sp³-hybridized carbons (Fsp3) is 0. The van der Waals surface area contributed by atoms with Gasteiger partial charge in [-0.05, 0) is 71.2 Å². The lowest BCUT2D eigenvalue weighted by atomic mass is 9.55. The first-order valence-electron chi connectivity index (χ1n) is 25.7. The molecule has 0 aliphatic carbocycles. The molecule has 1 heterocycles. The molecule has 0 amide bonds. The van der Waals surface area contributed by atoms with Crippen LogP contribution in [-0.4, -0.2) is 204 Å². The molecule has 0 saturated carbocycles. The molecule has 304 valence electrons. The van der Waals surface area contributed by atoms with Crippen molar-refractivity contribution in [3.63, 3.8) is 0 Å². The van der Waals surface area contributed by atoms with E-state index in [1.54, 1.807) is 0 Å². The molecular weight excluding hydrogens is 802 g/mol. The Morgan fingerprint density at radius 3 is 0.681 bits per heavy atom. The van der Waals surface area contributed by atoms with E-state index < -0.39 is 0 Å². The Kier molecular flexibility index (Phi) is 12.2. The van der Waals surface area contributed by atoms with Crippen molar-refractivity contribution >= 4 is 400 Å².